The Kier molecular flexibility index (Phi) is 4.74. The molecule has 0 radical (unpaired) electrons. The Hall–Kier alpha value is -0.800. The van der Waals surface area contributed by atoms with Gasteiger partial charge in [-0.3, -0.25) is 0 Å². The lowest BCUT2D eigenvalue weighted by Gasteiger charge is -2.59. The molecule has 0 aromatic heterocycles. The second-order valence-corrected chi connectivity index (χ2v) is 9.62. The average molecular weight is 377 g/mol. The zero-order valence-corrected chi connectivity index (χ0v) is 16.8. The molecule has 0 amide bonds. The van der Waals surface area contributed by atoms with Crippen molar-refractivity contribution >= 4 is 34.6 Å². The maximum Gasteiger partial charge on any atom is 0.171 e. The van der Waals surface area contributed by atoms with Crippen molar-refractivity contribution in [1.82, 2.24) is 5.32 Å². The Morgan fingerprint density at radius 2 is 1.80 bits per heavy atom. The van der Waals surface area contributed by atoms with Gasteiger partial charge in [0.1, 0.15) is 0 Å². The predicted molar refractivity (Wildman–Crippen MR) is 110 cm³/mol. The molecular formula is C21H29ClN2S. The molecule has 0 heterocycles. The molecular weight excluding hydrogens is 348 g/mol. The molecule has 5 rings (SSSR count). The summed E-state index contributed by atoms with van der Waals surface area (Å²) in [6, 6.07) is 6.52. The lowest BCUT2D eigenvalue weighted by Crippen LogP contribution is -2.57. The summed E-state index contributed by atoms with van der Waals surface area (Å²) in [5.74, 6) is 2.92. The number of anilines is 1. The zero-order valence-electron chi connectivity index (χ0n) is 15.3. The van der Waals surface area contributed by atoms with Gasteiger partial charge in [0.2, 0.25) is 0 Å². The summed E-state index contributed by atoms with van der Waals surface area (Å²) in [5.41, 5.74) is 2.53. The molecule has 0 spiro atoms. The van der Waals surface area contributed by atoms with Gasteiger partial charge in [-0.2, -0.15) is 0 Å². The number of aryl methyl sites for hydroxylation is 1. The van der Waals surface area contributed by atoms with Gasteiger partial charge in [0, 0.05) is 16.8 Å². The molecule has 4 saturated carbocycles. The third kappa shape index (κ3) is 3.42. The molecule has 4 aliphatic carbocycles. The number of thiocarbonyl (C=S) groups is 1. The lowest BCUT2D eigenvalue weighted by atomic mass is 9.47. The van der Waals surface area contributed by atoms with E-state index in [9.17, 15) is 0 Å². The van der Waals surface area contributed by atoms with Crippen LogP contribution in [0.1, 0.15) is 57.4 Å². The quantitative estimate of drug-likeness (QED) is 0.637. The first-order chi connectivity index (χ1) is 12.0. The van der Waals surface area contributed by atoms with Gasteiger partial charge >= 0.3 is 0 Å². The molecule has 4 fully saturated rings. The van der Waals surface area contributed by atoms with Crippen molar-refractivity contribution in [3.8, 4) is 0 Å². The van der Waals surface area contributed by atoms with Gasteiger partial charge in [0.05, 0.1) is 0 Å². The first-order valence-corrected chi connectivity index (χ1v) is 10.6. The Morgan fingerprint density at radius 3 is 2.32 bits per heavy atom. The Bertz CT molecular complexity index is 637. The van der Waals surface area contributed by atoms with E-state index in [1.807, 2.05) is 25.1 Å². The minimum Gasteiger partial charge on any atom is -0.359 e. The van der Waals surface area contributed by atoms with Crippen LogP contribution >= 0.6 is 23.8 Å². The van der Waals surface area contributed by atoms with E-state index in [4.69, 9.17) is 23.8 Å². The smallest absolute Gasteiger partial charge is 0.171 e. The van der Waals surface area contributed by atoms with E-state index in [-0.39, 0.29) is 0 Å². The summed E-state index contributed by atoms with van der Waals surface area (Å²) >= 11 is 11.9. The summed E-state index contributed by atoms with van der Waals surface area (Å²) < 4.78 is 0. The Morgan fingerprint density at radius 1 is 1.20 bits per heavy atom. The largest absolute Gasteiger partial charge is 0.359 e. The van der Waals surface area contributed by atoms with Crippen molar-refractivity contribution < 1.29 is 0 Å². The van der Waals surface area contributed by atoms with Gasteiger partial charge in [-0.25, -0.2) is 0 Å². The average Bonchev–Trinajstić information content (AvgIpc) is 2.54. The number of benzene rings is 1. The van der Waals surface area contributed by atoms with Crippen molar-refractivity contribution in [3.05, 3.63) is 28.8 Å². The maximum atomic E-state index is 6.24. The van der Waals surface area contributed by atoms with Crippen LogP contribution in [0.5, 0.6) is 0 Å². The van der Waals surface area contributed by atoms with Crippen LogP contribution in [0.25, 0.3) is 0 Å². The van der Waals surface area contributed by atoms with E-state index in [2.05, 4.69) is 17.6 Å². The zero-order chi connectivity index (χ0) is 17.6. The van der Waals surface area contributed by atoms with Gasteiger partial charge < -0.3 is 10.6 Å². The minimum absolute atomic E-state index is 0.472. The minimum atomic E-state index is 0.472. The summed E-state index contributed by atoms with van der Waals surface area (Å²) in [6.45, 7) is 4.32. The molecule has 0 aliphatic heterocycles. The van der Waals surface area contributed by atoms with Crippen molar-refractivity contribution in [1.29, 1.82) is 0 Å². The highest BCUT2D eigenvalue weighted by Gasteiger charge is 2.53. The number of rotatable bonds is 4. The summed E-state index contributed by atoms with van der Waals surface area (Å²) in [6.07, 6.45) is 9.82. The van der Waals surface area contributed by atoms with Crippen molar-refractivity contribution in [3.63, 3.8) is 0 Å². The second kappa shape index (κ2) is 6.74. The molecule has 4 aliphatic rings. The molecule has 4 heteroatoms. The van der Waals surface area contributed by atoms with Crippen LogP contribution in [0.3, 0.4) is 0 Å². The fourth-order valence-electron chi connectivity index (χ4n) is 6.29. The van der Waals surface area contributed by atoms with Crippen molar-refractivity contribution in [2.24, 2.45) is 23.2 Å². The van der Waals surface area contributed by atoms with E-state index in [1.165, 1.54) is 38.5 Å². The Balaban J connectivity index is 1.45. The molecule has 136 valence electrons. The van der Waals surface area contributed by atoms with Gasteiger partial charge in [0.15, 0.2) is 5.11 Å². The molecule has 1 unspecified atom stereocenters. The summed E-state index contributed by atoms with van der Waals surface area (Å²) in [4.78, 5) is 0. The van der Waals surface area contributed by atoms with Gasteiger partial charge in [-0.1, -0.05) is 24.6 Å². The van der Waals surface area contributed by atoms with Crippen LogP contribution in [0.15, 0.2) is 18.2 Å². The van der Waals surface area contributed by atoms with Crippen LogP contribution in [0.4, 0.5) is 5.69 Å². The molecule has 1 aromatic carbocycles. The standard InChI is InChI=1S/C21H29ClN2S/c1-3-19(21-10-14-6-15(11-21)8-16(7-14)12-21)24-20(25)23-17-5-4-13(2)18(22)9-17/h4-5,9,14-16,19H,3,6-8,10-12H2,1-2H3,(H2,23,24,25). The molecule has 25 heavy (non-hydrogen) atoms. The monoisotopic (exact) mass is 376 g/mol. The highest BCUT2D eigenvalue weighted by molar-refractivity contribution is 7.80. The highest BCUT2D eigenvalue weighted by atomic mass is 35.5. The first-order valence-electron chi connectivity index (χ1n) is 9.81. The topological polar surface area (TPSA) is 24.1 Å². The van der Waals surface area contributed by atoms with Gasteiger partial charge in [0.25, 0.3) is 0 Å². The van der Waals surface area contributed by atoms with E-state index in [0.29, 0.717) is 11.5 Å². The SMILES string of the molecule is CCC(NC(=S)Nc1ccc(C)c(Cl)c1)C12CC3CC(CC(C3)C1)C2. The van der Waals surface area contributed by atoms with E-state index in [1.54, 1.807) is 0 Å². The van der Waals surface area contributed by atoms with Crippen molar-refractivity contribution in [2.75, 3.05) is 5.32 Å². The number of hydrogen-bond donors (Lipinski definition) is 2. The molecule has 2 nitrogen and oxygen atoms in total. The lowest BCUT2D eigenvalue weighted by molar-refractivity contribution is -0.0709. The number of hydrogen-bond acceptors (Lipinski definition) is 1. The molecule has 0 saturated heterocycles. The fraction of sp³-hybridized carbons (Fsp3) is 0.667. The summed E-state index contributed by atoms with van der Waals surface area (Å²) in [7, 11) is 0. The van der Waals surface area contributed by atoms with Crippen LogP contribution in [0.2, 0.25) is 5.02 Å². The van der Waals surface area contributed by atoms with Crippen LogP contribution < -0.4 is 10.6 Å². The maximum absolute atomic E-state index is 6.24. The normalized spacial score (nSPS) is 34.0. The van der Waals surface area contributed by atoms with Gasteiger partial charge in [-0.05, 0) is 105 Å². The van der Waals surface area contributed by atoms with Crippen LogP contribution in [-0.4, -0.2) is 11.2 Å². The van der Waals surface area contributed by atoms with Crippen molar-refractivity contribution in [2.45, 2.75) is 64.8 Å². The number of nitrogens with one attached hydrogen (secondary N) is 2. The highest BCUT2D eigenvalue weighted by Crippen LogP contribution is 2.61. The van der Waals surface area contributed by atoms with Crippen LogP contribution in [0, 0.1) is 30.1 Å². The fourth-order valence-corrected chi connectivity index (χ4v) is 6.73. The first kappa shape index (κ1) is 17.6. The second-order valence-electron chi connectivity index (χ2n) is 8.80. The third-order valence-electron chi connectivity index (χ3n) is 6.97. The molecule has 4 bridgehead atoms. The molecule has 2 N–H and O–H groups in total. The van der Waals surface area contributed by atoms with E-state index in [0.717, 1.165) is 45.6 Å². The summed E-state index contributed by atoms with van der Waals surface area (Å²) in [5, 5.41) is 8.54. The number of halogens is 1. The third-order valence-corrected chi connectivity index (χ3v) is 7.60. The van der Waals surface area contributed by atoms with E-state index >= 15 is 0 Å². The van der Waals surface area contributed by atoms with Crippen LogP contribution in [-0.2, 0) is 0 Å². The molecule has 1 atom stereocenters. The predicted octanol–water partition coefficient (Wildman–Crippen LogP) is 5.93. The molecule has 1 aromatic rings. The Labute approximate surface area is 162 Å². The van der Waals surface area contributed by atoms with Gasteiger partial charge in [-0.15, -0.1) is 0 Å². The van der Waals surface area contributed by atoms with E-state index < -0.39 is 0 Å².